The van der Waals surface area contributed by atoms with Gasteiger partial charge in [0.1, 0.15) is 23.7 Å². The van der Waals surface area contributed by atoms with Gasteiger partial charge < -0.3 is 10.1 Å². The molecule has 2 atom stereocenters. The van der Waals surface area contributed by atoms with Crippen molar-refractivity contribution in [3.05, 3.63) is 44.2 Å². The molecule has 1 N–H and O–H groups in total. The molecule has 1 saturated heterocycles. The molecule has 1 aromatic rings. The lowest BCUT2D eigenvalue weighted by Gasteiger charge is -2.49. The summed E-state index contributed by atoms with van der Waals surface area (Å²) >= 11 is 19.4. The topological polar surface area (TPSA) is 124 Å². The Kier molecular flexibility index (Phi) is 6.87. The van der Waals surface area contributed by atoms with Crippen LogP contribution >= 0.6 is 57.9 Å². The van der Waals surface area contributed by atoms with E-state index in [1.54, 1.807) is 0 Å². The number of alkyl halides is 3. The average molecular weight is 497 g/mol. The van der Waals surface area contributed by atoms with E-state index in [-0.39, 0.29) is 29.5 Å². The van der Waals surface area contributed by atoms with E-state index >= 15 is 0 Å². The summed E-state index contributed by atoms with van der Waals surface area (Å²) in [6.45, 7) is -0.551. The smallest absolute Gasteiger partial charge is 0.355 e. The summed E-state index contributed by atoms with van der Waals surface area (Å²) in [5, 5.41) is 7.47. The van der Waals surface area contributed by atoms with Gasteiger partial charge in [-0.05, 0) is 17.0 Å². The van der Waals surface area contributed by atoms with E-state index in [1.807, 2.05) is 17.5 Å². The van der Waals surface area contributed by atoms with Crippen molar-refractivity contribution in [3.8, 4) is 0 Å². The fourth-order valence-corrected chi connectivity index (χ4v) is 4.86. The van der Waals surface area contributed by atoms with Crippen LogP contribution in [0.4, 0.5) is 0 Å². The summed E-state index contributed by atoms with van der Waals surface area (Å²) in [7, 11) is 0. The number of hydrogen-bond acceptors (Lipinski definition) is 7. The first kappa shape index (κ1) is 22.1. The van der Waals surface area contributed by atoms with Gasteiger partial charge in [-0.15, -0.1) is 23.1 Å². The van der Waals surface area contributed by atoms with E-state index in [0.29, 0.717) is 0 Å². The number of thioether (sulfide) groups is 1. The van der Waals surface area contributed by atoms with Gasteiger partial charge in [-0.3, -0.25) is 14.5 Å². The fraction of sp³-hybridized carbons (Fsp3) is 0.400. The van der Waals surface area contributed by atoms with Crippen LogP contribution in [0.25, 0.3) is 10.4 Å². The Hall–Kier alpha value is -1.62. The van der Waals surface area contributed by atoms with Crippen molar-refractivity contribution in [2.75, 3.05) is 12.4 Å². The predicted octanol–water partition coefficient (Wildman–Crippen LogP) is 3.13. The van der Waals surface area contributed by atoms with Gasteiger partial charge >= 0.3 is 5.97 Å². The number of halogens is 3. The molecule has 1 aromatic heterocycles. The summed E-state index contributed by atoms with van der Waals surface area (Å²) in [4.78, 5) is 42.0. The Morgan fingerprint density at radius 2 is 2.21 bits per heavy atom. The number of β-lactam (4-membered cyclic amide) rings is 1. The molecule has 154 valence electrons. The van der Waals surface area contributed by atoms with Crippen LogP contribution in [0.3, 0.4) is 0 Å². The van der Waals surface area contributed by atoms with Gasteiger partial charge in [-0.25, -0.2) is 4.79 Å². The molecule has 0 unspecified atom stereocenters. The van der Waals surface area contributed by atoms with Crippen molar-refractivity contribution in [2.45, 2.75) is 21.6 Å². The Balaban J connectivity index is 1.73. The van der Waals surface area contributed by atoms with Crippen LogP contribution in [-0.2, 0) is 25.5 Å². The zero-order chi connectivity index (χ0) is 21.2. The number of amides is 2. The Labute approximate surface area is 187 Å². The van der Waals surface area contributed by atoms with Crippen molar-refractivity contribution in [1.29, 1.82) is 0 Å². The summed E-state index contributed by atoms with van der Waals surface area (Å²) < 4.78 is 3.11. The lowest BCUT2D eigenvalue weighted by molar-refractivity contribution is -0.152. The highest BCUT2D eigenvalue weighted by Gasteiger charge is 2.54. The van der Waals surface area contributed by atoms with Crippen molar-refractivity contribution in [2.24, 2.45) is 5.11 Å². The molecule has 1 fully saturated rings. The van der Waals surface area contributed by atoms with Gasteiger partial charge in [-0.2, -0.15) is 0 Å². The molecule has 0 saturated carbocycles. The van der Waals surface area contributed by atoms with E-state index in [4.69, 9.17) is 45.1 Å². The average Bonchev–Trinajstić information content (AvgIpc) is 3.16. The first-order chi connectivity index (χ1) is 13.7. The summed E-state index contributed by atoms with van der Waals surface area (Å²) in [5.74, 6) is -1.64. The highest BCUT2D eigenvalue weighted by atomic mass is 35.6. The van der Waals surface area contributed by atoms with Gasteiger partial charge in [0.05, 0.1) is 12.1 Å². The molecule has 14 heteroatoms. The second kappa shape index (κ2) is 9.03. The molecule has 0 aromatic carbocycles. The largest absolute Gasteiger partial charge is 0.456 e. The van der Waals surface area contributed by atoms with Gasteiger partial charge in [0.15, 0.2) is 0 Å². The number of fused-ring (bicyclic) bond motifs is 1. The number of nitrogens with one attached hydrogen (secondary N) is 1. The molecule has 2 amide bonds. The minimum Gasteiger partial charge on any atom is -0.456 e. The Bertz CT molecular complexity index is 912. The maximum absolute atomic E-state index is 12.6. The van der Waals surface area contributed by atoms with Crippen molar-refractivity contribution < 1.29 is 19.1 Å². The Morgan fingerprint density at radius 3 is 2.83 bits per heavy atom. The van der Waals surface area contributed by atoms with E-state index in [9.17, 15) is 14.4 Å². The van der Waals surface area contributed by atoms with E-state index in [0.717, 1.165) is 9.78 Å². The van der Waals surface area contributed by atoms with Gasteiger partial charge in [0.25, 0.3) is 5.91 Å². The highest BCUT2D eigenvalue weighted by molar-refractivity contribution is 8.00. The third-order valence-electron chi connectivity index (χ3n) is 3.91. The van der Waals surface area contributed by atoms with Crippen LogP contribution in [0, 0.1) is 0 Å². The summed E-state index contributed by atoms with van der Waals surface area (Å²) in [6, 6.07) is 2.84. The zero-order valence-corrected chi connectivity index (χ0v) is 18.3. The van der Waals surface area contributed by atoms with E-state index < -0.39 is 33.7 Å². The number of carbonyl (C=O) groups is 3. The molecular formula is C15H12Cl3N5O4S2. The van der Waals surface area contributed by atoms with Crippen LogP contribution in [0.5, 0.6) is 0 Å². The van der Waals surface area contributed by atoms with Crippen LogP contribution in [0.2, 0.25) is 0 Å². The predicted molar refractivity (Wildman–Crippen MR) is 110 cm³/mol. The maximum Gasteiger partial charge on any atom is 0.355 e. The number of azide groups is 1. The highest BCUT2D eigenvalue weighted by Crippen LogP contribution is 2.41. The van der Waals surface area contributed by atoms with Crippen molar-refractivity contribution in [3.63, 3.8) is 0 Å². The van der Waals surface area contributed by atoms with Crippen molar-refractivity contribution >= 4 is 75.7 Å². The van der Waals surface area contributed by atoms with Crippen molar-refractivity contribution in [1.82, 2.24) is 10.2 Å². The molecule has 0 radical (unpaired) electrons. The molecule has 3 rings (SSSR count). The minimum atomic E-state index is -1.84. The van der Waals surface area contributed by atoms with E-state index in [1.165, 1.54) is 23.1 Å². The quantitative estimate of drug-likeness (QED) is 0.162. The lowest BCUT2D eigenvalue weighted by Crippen LogP contribution is -2.70. The van der Waals surface area contributed by atoms with Crippen LogP contribution in [-0.4, -0.2) is 50.3 Å². The third-order valence-corrected chi connectivity index (χ3v) is 6.37. The summed E-state index contributed by atoms with van der Waals surface area (Å²) in [5.41, 5.74) is 8.56. The van der Waals surface area contributed by atoms with Crippen LogP contribution in [0.15, 0.2) is 34.0 Å². The molecule has 0 aliphatic carbocycles. The molecule has 2 aliphatic heterocycles. The number of carbonyl (C=O) groups excluding carboxylic acids is 3. The zero-order valence-electron chi connectivity index (χ0n) is 14.4. The number of hydrogen-bond donors (Lipinski definition) is 1. The Morgan fingerprint density at radius 1 is 1.45 bits per heavy atom. The standard InChI is InChI=1S/C15H12Cl3N5O4S2/c16-15(17,18)6-27-14(26)11-8(21-22-19)5-29-13-10(12(25)23(11)13)20-9(24)4-7-2-1-3-28-7/h1-3,10,13H,4-6H2,(H,20,24)/t10-,13-/m1/s1. The third kappa shape index (κ3) is 5.11. The van der Waals surface area contributed by atoms with Crippen LogP contribution < -0.4 is 5.32 Å². The molecule has 2 aliphatic rings. The first-order valence-corrected chi connectivity index (χ1v) is 11.1. The maximum atomic E-state index is 12.6. The summed E-state index contributed by atoms with van der Waals surface area (Å²) in [6.07, 6.45) is 0.150. The molecule has 9 nitrogen and oxygen atoms in total. The molecule has 0 bridgehead atoms. The molecule has 0 spiro atoms. The van der Waals surface area contributed by atoms with Gasteiger partial charge in [0.2, 0.25) is 9.70 Å². The van der Waals surface area contributed by atoms with Crippen LogP contribution in [0.1, 0.15) is 4.88 Å². The number of rotatable bonds is 6. The lowest BCUT2D eigenvalue weighted by atomic mass is 10.0. The first-order valence-electron chi connectivity index (χ1n) is 8.00. The molecular weight excluding hydrogens is 485 g/mol. The normalized spacial score (nSPS) is 21.1. The second-order valence-corrected chi connectivity index (χ2v) is 10.5. The number of thiophene rings is 1. The monoisotopic (exact) mass is 495 g/mol. The fourth-order valence-electron chi connectivity index (χ4n) is 2.74. The number of nitrogens with zero attached hydrogens (tertiary/aromatic N) is 4. The second-order valence-electron chi connectivity index (χ2n) is 5.89. The molecule has 29 heavy (non-hydrogen) atoms. The van der Waals surface area contributed by atoms with Gasteiger partial charge in [-0.1, -0.05) is 46.0 Å². The number of ether oxygens (including phenoxy) is 1. The van der Waals surface area contributed by atoms with Gasteiger partial charge in [0, 0.05) is 15.5 Å². The minimum absolute atomic E-state index is 0.0276. The number of esters is 1. The van der Waals surface area contributed by atoms with E-state index in [2.05, 4.69) is 15.3 Å². The molecule has 3 heterocycles. The SMILES string of the molecule is [N-]=[N+]=NC1=C(C(=O)OCC(Cl)(Cl)Cl)N2C(=O)[C@@H](NC(=O)Cc3cccs3)[C@H]2SC1.